The molecular weight excluding hydrogens is 430 g/mol. The van der Waals surface area contributed by atoms with Gasteiger partial charge in [0.15, 0.2) is 5.82 Å². The molecule has 2 amide bonds. The Kier molecular flexibility index (Phi) is 5.49. The number of anilines is 2. The highest BCUT2D eigenvalue weighted by atomic mass is 16.2. The lowest BCUT2D eigenvalue weighted by Gasteiger charge is -2.33. The van der Waals surface area contributed by atoms with Gasteiger partial charge in [0.25, 0.3) is 5.91 Å². The molecule has 0 bridgehead atoms. The maximum atomic E-state index is 12.0. The van der Waals surface area contributed by atoms with Gasteiger partial charge in [-0.05, 0) is 36.6 Å². The Morgan fingerprint density at radius 3 is 2.76 bits per heavy atom. The third kappa shape index (κ3) is 3.67. The van der Waals surface area contributed by atoms with Gasteiger partial charge in [0.2, 0.25) is 5.91 Å². The Morgan fingerprint density at radius 2 is 2.06 bits per heavy atom. The zero-order valence-electron chi connectivity index (χ0n) is 19.2. The first-order chi connectivity index (χ1) is 16.5. The van der Waals surface area contributed by atoms with E-state index in [-0.39, 0.29) is 11.8 Å². The molecule has 9 nitrogen and oxygen atoms in total. The van der Waals surface area contributed by atoms with Gasteiger partial charge in [-0.25, -0.2) is 0 Å². The van der Waals surface area contributed by atoms with Crippen LogP contribution in [-0.2, 0) is 24.2 Å². The summed E-state index contributed by atoms with van der Waals surface area (Å²) in [6.45, 7) is 3.61. The standard InChI is InChI=1S/C25H25N7O2/c1-15(33)31-9-7-21-20(14-31)24(30-29-21)32-8-3-4-16-10-19(18(12-26)11-23(16)32)17-5-6-22(28-13-17)25(34)27-2/h5-6,10-11,13H,3-4,7-9,14H2,1-2H3,(H,27,34)(H,29,30). The normalized spacial score (nSPS) is 14.7. The van der Waals surface area contributed by atoms with Gasteiger partial charge in [0.05, 0.1) is 18.2 Å². The number of benzene rings is 1. The molecule has 172 valence electrons. The molecule has 0 spiro atoms. The molecule has 0 aliphatic carbocycles. The summed E-state index contributed by atoms with van der Waals surface area (Å²) < 4.78 is 0. The number of pyridine rings is 1. The quantitative estimate of drug-likeness (QED) is 0.627. The van der Waals surface area contributed by atoms with Crippen molar-refractivity contribution in [2.24, 2.45) is 0 Å². The molecule has 0 atom stereocenters. The SMILES string of the molecule is CNC(=O)c1ccc(-c2cc3c(cc2C#N)N(c2n[nH]c4c2CN(C(C)=O)CC4)CCC3)cn1. The zero-order valence-corrected chi connectivity index (χ0v) is 19.2. The van der Waals surface area contributed by atoms with Gasteiger partial charge >= 0.3 is 0 Å². The Hall–Kier alpha value is -4.19. The van der Waals surface area contributed by atoms with Crippen molar-refractivity contribution in [2.75, 3.05) is 25.0 Å². The number of carbonyl (C=O) groups is 2. The molecule has 2 N–H and O–H groups in total. The van der Waals surface area contributed by atoms with Crippen molar-refractivity contribution in [1.29, 1.82) is 5.26 Å². The van der Waals surface area contributed by atoms with Gasteiger partial charge in [0, 0.05) is 67.8 Å². The highest BCUT2D eigenvalue weighted by Gasteiger charge is 2.29. The molecule has 2 aromatic heterocycles. The van der Waals surface area contributed by atoms with E-state index in [4.69, 9.17) is 0 Å². The zero-order chi connectivity index (χ0) is 23.8. The van der Waals surface area contributed by atoms with Crippen LogP contribution >= 0.6 is 0 Å². The van der Waals surface area contributed by atoms with E-state index in [9.17, 15) is 14.9 Å². The molecule has 9 heteroatoms. The third-order valence-electron chi connectivity index (χ3n) is 6.60. The van der Waals surface area contributed by atoms with Crippen LogP contribution in [0.3, 0.4) is 0 Å². The molecule has 2 aliphatic heterocycles. The monoisotopic (exact) mass is 455 g/mol. The van der Waals surface area contributed by atoms with Gasteiger partial charge in [-0.3, -0.25) is 19.7 Å². The van der Waals surface area contributed by atoms with E-state index in [0.717, 1.165) is 65.3 Å². The number of amides is 2. The fraction of sp³-hybridized carbons (Fsp3) is 0.320. The van der Waals surface area contributed by atoms with E-state index in [0.29, 0.717) is 24.3 Å². The van der Waals surface area contributed by atoms with Crippen LogP contribution in [0, 0.1) is 11.3 Å². The number of nitriles is 1. The molecule has 0 saturated heterocycles. The van der Waals surface area contributed by atoms with E-state index in [1.54, 1.807) is 26.2 Å². The van der Waals surface area contributed by atoms with E-state index in [2.05, 4.69) is 37.5 Å². The predicted molar refractivity (Wildman–Crippen MR) is 126 cm³/mol. The minimum Gasteiger partial charge on any atom is -0.354 e. The fourth-order valence-corrected chi connectivity index (χ4v) is 4.77. The molecule has 34 heavy (non-hydrogen) atoms. The number of aromatic amines is 1. The number of carbonyl (C=O) groups excluding carboxylic acids is 2. The first-order valence-electron chi connectivity index (χ1n) is 11.3. The average molecular weight is 456 g/mol. The van der Waals surface area contributed by atoms with E-state index in [1.165, 1.54) is 0 Å². The van der Waals surface area contributed by atoms with Crippen molar-refractivity contribution in [2.45, 2.75) is 32.7 Å². The number of aryl methyl sites for hydroxylation is 1. The minimum atomic E-state index is -0.251. The van der Waals surface area contributed by atoms with Gasteiger partial charge in [-0.1, -0.05) is 6.07 Å². The van der Waals surface area contributed by atoms with E-state index < -0.39 is 0 Å². The second kappa shape index (κ2) is 8.63. The van der Waals surface area contributed by atoms with Crippen LogP contribution in [0.15, 0.2) is 30.5 Å². The van der Waals surface area contributed by atoms with E-state index >= 15 is 0 Å². The topological polar surface area (TPSA) is 118 Å². The van der Waals surface area contributed by atoms with Gasteiger partial charge < -0.3 is 15.1 Å². The van der Waals surface area contributed by atoms with Crippen LogP contribution in [0.25, 0.3) is 11.1 Å². The molecule has 0 fully saturated rings. The van der Waals surface area contributed by atoms with Crippen LogP contribution in [0.4, 0.5) is 11.5 Å². The summed E-state index contributed by atoms with van der Waals surface area (Å²) in [5, 5.41) is 20.3. The second-order valence-electron chi connectivity index (χ2n) is 8.60. The van der Waals surface area contributed by atoms with Gasteiger partial charge in [-0.2, -0.15) is 10.4 Å². The Morgan fingerprint density at radius 1 is 1.21 bits per heavy atom. The van der Waals surface area contributed by atoms with Crippen molar-refractivity contribution in [1.82, 2.24) is 25.4 Å². The number of nitrogens with zero attached hydrogens (tertiary/aromatic N) is 5. The summed E-state index contributed by atoms with van der Waals surface area (Å²) >= 11 is 0. The molecule has 1 aromatic carbocycles. The fourth-order valence-electron chi connectivity index (χ4n) is 4.77. The Balaban J connectivity index is 1.54. The molecule has 0 radical (unpaired) electrons. The number of H-pyrrole nitrogens is 1. The molecule has 4 heterocycles. The first kappa shape index (κ1) is 21.6. The number of rotatable bonds is 3. The van der Waals surface area contributed by atoms with Crippen LogP contribution in [0.2, 0.25) is 0 Å². The smallest absolute Gasteiger partial charge is 0.269 e. The molecule has 0 saturated carbocycles. The van der Waals surface area contributed by atoms with Crippen LogP contribution < -0.4 is 10.2 Å². The maximum Gasteiger partial charge on any atom is 0.269 e. The number of hydrogen-bond donors (Lipinski definition) is 2. The van der Waals surface area contributed by atoms with Gasteiger partial charge in [-0.15, -0.1) is 0 Å². The summed E-state index contributed by atoms with van der Waals surface area (Å²) in [6.07, 6.45) is 4.23. The molecule has 2 aliphatic rings. The van der Waals surface area contributed by atoms with Crippen molar-refractivity contribution < 1.29 is 9.59 Å². The lowest BCUT2D eigenvalue weighted by Crippen LogP contribution is -2.35. The van der Waals surface area contributed by atoms with Crippen LogP contribution in [0.5, 0.6) is 0 Å². The maximum absolute atomic E-state index is 12.0. The summed E-state index contributed by atoms with van der Waals surface area (Å²) in [5.41, 5.74) is 6.67. The molecule has 5 rings (SSSR count). The largest absolute Gasteiger partial charge is 0.354 e. The number of fused-ring (bicyclic) bond motifs is 2. The minimum absolute atomic E-state index is 0.0595. The molecular formula is C25H25N7O2. The van der Waals surface area contributed by atoms with E-state index in [1.807, 2.05) is 17.0 Å². The average Bonchev–Trinajstić information content (AvgIpc) is 3.30. The lowest BCUT2D eigenvalue weighted by molar-refractivity contribution is -0.129. The Bertz CT molecular complexity index is 1320. The predicted octanol–water partition coefficient (Wildman–Crippen LogP) is 2.69. The summed E-state index contributed by atoms with van der Waals surface area (Å²) in [4.78, 5) is 32.0. The highest BCUT2D eigenvalue weighted by Crippen LogP contribution is 2.40. The summed E-state index contributed by atoms with van der Waals surface area (Å²) in [6, 6.07) is 9.79. The number of hydrogen-bond acceptors (Lipinski definition) is 6. The summed E-state index contributed by atoms with van der Waals surface area (Å²) in [7, 11) is 1.56. The number of aromatic nitrogens is 3. The van der Waals surface area contributed by atoms with Crippen LogP contribution in [-0.4, -0.2) is 52.0 Å². The highest BCUT2D eigenvalue weighted by molar-refractivity contribution is 5.92. The van der Waals surface area contributed by atoms with Crippen molar-refractivity contribution in [3.05, 3.63) is 58.5 Å². The van der Waals surface area contributed by atoms with Crippen molar-refractivity contribution >= 4 is 23.3 Å². The third-order valence-corrected chi connectivity index (χ3v) is 6.60. The lowest BCUT2D eigenvalue weighted by atomic mass is 9.92. The first-order valence-corrected chi connectivity index (χ1v) is 11.3. The number of nitrogens with one attached hydrogen (secondary N) is 2. The van der Waals surface area contributed by atoms with Crippen LogP contribution in [0.1, 0.15) is 46.2 Å². The second-order valence-corrected chi connectivity index (χ2v) is 8.60. The molecule has 3 aromatic rings. The summed E-state index contributed by atoms with van der Waals surface area (Å²) in [5.74, 6) is 0.637. The van der Waals surface area contributed by atoms with Crippen molar-refractivity contribution in [3.63, 3.8) is 0 Å². The van der Waals surface area contributed by atoms with Gasteiger partial charge in [0.1, 0.15) is 5.69 Å². The van der Waals surface area contributed by atoms with Crippen molar-refractivity contribution in [3.8, 4) is 17.2 Å². The Labute approximate surface area is 197 Å². The molecule has 0 unspecified atom stereocenters.